The Bertz CT molecular complexity index is 1100. The molecule has 7 heteroatoms. The predicted molar refractivity (Wildman–Crippen MR) is 124 cm³/mol. The maximum Gasteiger partial charge on any atom is 0.253 e. The normalized spacial score (nSPS) is 11.5. The molecule has 3 aromatic rings. The minimum atomic E-state index is -0.797. The molecular weight excluding hydrogens is 404 g/mol. The first-order valence-corrected chi connectivity index (χ1v) is 10.1. The smallest absolute Gasteiger partial charge is 0.253 e. The molecule has 3 amide bonds. The molecule has 1 aromatic heterocycles. The van der Waals surface area contributed by atoms with E-state index in [1.54, 1.807) is 55.7 Å². The van der Waals surface area contributed by atoms with Crippen molar-refractivity contribution in [2.45, 2.75) is 19.5 Å². The van der Waals surface area contributed by atoms with Crippen molar-refractivity contribution < 1.29 is 14.4 Å². The Hall–Kier alpha value is -4.26. The molecule has 0 aliphatic carbocycles. The quantitative estimate of drug-likeness (QED) is 0.480. The number of aromatic nitrogens is 1. The number of nitrogens with zero attached hydrogens (tertiary/aromatic N) is 1. The Labute approximate surface area is 186 Å². The lowest BCUT2D eigenvalue weighted by Crippen LogP contribution is -2.41. The molecule has 2 aromatic carbocycles. The van der Waals surface area contributed by atoms with Gasteiger partial charge in [0.25, 0.3) is 5.91 Å². The van der Waals surface area contributed by atoms with Gasteiger partial charge in [0, 0.05) is 25.0 Å². The van der Waals surface area contributed by atoms with Gasteiger partial charge >= 0.3 is 0 Å². The molecule has 32 heavy (non-hydrogen) atoms. The lowest BCUT2D eigenvalue weighted by Gasteiger charge is -2.15. The van der Waals surface area contributed by atoms with Gasteiger partial charge < -0.3 is 16.0 Å². The molecule has 3 rings (SSSR count). The summed E-state index contributed by atoms with van der Waals surface area (Å²) < 4.78 is 0. The van der Waals surface area contributed by atoms with Gasteiger partial charge in [0.15, 0.2) is 0 Å². The van der Waals surface area contributed by atoms with Crippen molar-refractivity contribution in [1.29, 1.82) is 0 Å². The minimum absolute atomic E-state index is 0.315. The second kappa shape index (κ2) is 11.2. The first-order valence-electron chi connectivity index (χ1n) is 10.1. The molecular formula is C25H24N4O3. The van der Waals surface area contributed by atoms with Crippen molar-refractivity contribution in [3.8, 4) is 0 Å². The highest BCUT2D eigenvalue weighted by atomic mass is 16.2. The highest BCUT2D eigenvalue weighted by molar-refractivity contribution is 6.05. The lowest BCUT2D eigenvalue weighted by atomic mass is 10.1. The van der Waals surface area contributed by atoms with Gasteiger partial charge in [-0.15, -0.1) is 0 Å². The van der Waals surface area contributed by atoms with Crippen LogP contribution in [0.15, 0.2) is 85.2 Å². The standard InChI is InChI=1S/C25H24N4O3/c1-18(28-23(30)14-13-19-8-3-2-4-9-19)24(31)29-22-12-6-5-11-21(22)25(32)27-17-20-10-7-15-26-16-20/h2-16,18H,17H2,1H3,(H,27,32)(H,28,30)(H,29,31)/b14-13+. The maximum atomic E-state index is 12.6. The van der Waals surface area contributed by atoms with Crippen molar-refractivity contribution in [3.05, 3.63) is 102 Å². The largest absolute Gasteiger partial charge is 0.348 e. The Balaban J connectivity index is 1.57. The number of anilines is 1. The number of pyridine rings is 1. The van der Waals surface area contributed by atoms with Gasteiger partial charge in [-0.25, -0.2) is 0 Å². The summed E-state index contributed by atoms with van der Waals surface area (Å²) in [4.78, 5) is 41.4. The molecule has 162 valence electrons. The summed E-state index contributed by atoms with van der Waals surface area (Å²) in [5.74, 6) is -1.15. The number of rotatable bonds is 8. The van der Waals surface area contributed by atoms with Gasteiger partial charge in [0.2, 0.25) is 11.8 Å². The van der Waals surface area contributed by atoms with Gasteiger partial charge in [-0.05, 0) is 42.3 Å². The molecule has 1 atom stereocenters. The number of benzene rings is 2. The summed E-state index contributed by atoms with van der Waals surface area (Å²) in [5, 5.41) is 8.15. The van der Waals surface area contributed by atoms with E-state index < -0.39 is 11.9 Å². The summed E-state index contributed by atoms with van der Waals surface area (Å²) in [6.07, 6.45) is 6.37. The molecule has 3 N–H and O–H groups in total. The van der Waals surface area contributed by atoms with E-state index in [0.29, 0.717) is 17.8 Å². The van der Waals surface area contributed by atoms with Crippen molar-refractivity contribution in [3.63, 3.8) is 0 Å². The third-order valence-electron chi connectivity index (χ3n) is 4.58. The zero-order chi connectivity index (χ0) is 22.8. The number of hydrogen-bond donors (Lipinski definition) is 3. The van der Waals surface area contributed by atoms with E-state index in [2.05, 4.69) is 20.9 Å². The zero-order valence-corrected chi connectivity index (χ0v) is 17.6. The first kappa shape index (κ1) is 22.4. The van der Waals surface area contributed by atoms with E-state index in [1.165, 1.54) is 6.08 Å². The molecule has 1 heterocycles. The maximum absolute atomic E-state index is 12.6. The van der Waals surface area contributed by atoms with Crippen LogP contribution in [0.3, 0.4) is 0 Å². The summed E-state index contributed by atoms with van der Waals surface area (Å²) in [7, 11) is 0. The molecule has 0 saturated carbocycles. The number of amides is 3. The molecule has 0 fully saturated rings. The Morgan fingerprint density at radius 1 is 0.969 bits per heavy atom. The third-order valence-corrected chi connectivity index (χ3v) is 4.58. The van der Waals surface area contributed by atoms with Crippen LogP contribution in [-0.4, -0.2) is 28.7 Å². The van der Waals surface area contributed by atoms with E-state index in [-0.39, 0.29) is 11.8 Å². The van der Waals surface area contributed by atoms with E-state index in [0.717, 1.165) is 11.1 Å². The minimum Gasteiger partial charge on any atom is -0.348 e. The number of para-hydroxylation sites is 1. The molecule has 0 bridgehead atoms. The molecule has 7 nitrogen and oxygen atoms in total. The zero-order valence-electron chi connectivity index (χ0n) is 17.6. The van der Waals surface area contributed by atoms with Gasteiger partial charge in [0.1, 0.15) is 6.04 Å². The number of carbonyl (C=O) groups is 3. The van der Waals surface area contributed by atoms with Crippen LogP contribution in [0, 0.1) is 0 Å². The molecule has 0 aliphatic heterocycles. The fourth-order valence-electron chi connectivity index (χ4n) is 2.87. The van der Waals surface area contributed by atoms with Crippen LogP contribution in [0.25, 0.3) is 6.08 Å². The molecule has 0 spiro atoms. The fraction of sp³-hybridized carbons (Fsp3) is 0.120. The number of carbonyl (C=O) groups excluding carboxylic acids is 3. The van der Waals surface area contributed by atoms with E-state index in [4.69, 9.17) is 0 Å². The monoisotopic (exact) mass is 428 g/mol. The van der Waals surface area contributed by atoms with Crippen molar-refractivity contribution in [2.24, 2.45) is 0 Å². The van der Waals surface area contributed by atoms with Crippen molar-refractivity contribution >= 4 is 29.5 Å². The highest BCUT2D eigenvalue weighted by Gasteiger charge is 2.18. The number of nitrogens with one attached hydrogen (secondary N) is 3. The summed E-state index contributed by atoms with van der Waals surface area (Å²) in [5.41, 5.74) is 2.43. The van der Waals surface area contributed by atoms with Gasteiger partial charge in [-0.2, -0.15) is 0 Å². The van der Waals surface area contributed by atoms with Gasteiger partial charge in [-0.3, -0.25) is 19.4 Å². The highest BCUT2D eigenvalue weighted by Crippen LogP contribution is 2.15. The van der Waals surface area contributed by atoms with Gasteiger partial charge in [0.05, 0.1) is 11.3 Å². The second-order valence-corrected chi connectivity index (χ2v) is 7.05. The van der Waals surface area contributed by atoms with Crippen LogP contribution in [0.4, 0.5) is 5.69 Å². The Kier molecular flexibility index (Phi) is 7.86. The molecule has 0 radical (unpaired) electrons. The van der Waals surface area contributed by atoms with Crippen LogP contribution in [0.1, 0.15) is 28.4 Å². The van der Waals surface area contributed by atoms with E-state index in [9.17, 15) is 14.4 Å². The lowest BCUT2D eigenvalue weighted by molar-refractivity contribution is -0.123. The molecule has 1 unspecified atom stereocenters. The van der Waals surface area contributed by atoms with Crippen molar-refractivity contribution in [2.75, 3.05) is 5.32 Å². The van der Waals surface area contributed by atoms with Crippen LogP contribution >= 0.6 is 0 Å². The predicted octanol–water partition coefficient (Wildman–Crippen LogP) is 3.17. The second-order valence-electron chi connectivity index (χ2n) is 7.05. The van der Waals surface area contributed by atoms with Crippen LogP contribution in [-0.2, 0) is 16.1 Å². The average molecular weight is 428 g/mol. The van der Waals surface area contributed by atoms with Crippen LogP contribution < -0.4 is 16.0 Å². The average Bonchev–Trinajstić information content (AvgIpc) is 2.83. The SMILES string of the molecule is CC(NC(=O)/C=C/c1ccccc1)C(=O)Nc1ccccc1C(=O)NCc1cccnc1. The van der Waals surface area contributed by atoms with Crippen LogP contribution in [0.5, 0.6) is 0 Å². The Morgan fingerprint density at radius 3 is 2.47 bits per heavy atom. The topological polar surface area (TPSA) is 100 Å². The summed E-state index contributed by atoms with van der Waals surface area (Å²) in [6, 6.07) is 18.9. The van der Waals surface area contributed by atoms with E-state index >= 15 is 0 Å². The summed E-state index contributed by atoms with van der Waals surface area (Å²) in [6.45, 7) is 1.89. The first-order chi connectivity index (χ1) is 15.5. The van der Waals surface area contributed by atoms with E-state index in [1.807, 2.05) is 36.4 Å². The van der Waals surface area contributed by atoms with Crippen LogP contribution in [0.2, 0.25) is 0 Å². The van der Waals surface area contributed by atoms with Crippen molar-refractivity contribution in [1.82, 2.24) is 15.6 Å². The fourth-order valence-corrected chi connectivity index (χ4v) is 2.87. The van der Waals surface area contributed by atoms with Gasteiger partial charge in [-0.1, -0.05) is 48.5 Å². The molecule has 0 aliphatic rings. The summed E-state index contributed by atoms with van der Waals surface area (Å²) >= 11 is 0. The Morgan fingerprint density at radius 2 is 1.72 bits per heavy atom. The molecule has 0 saturated heterocycles. The number of hydrogen-bond acceptors (Lipinski definition) is 4. The third kappa shape index (κ3) is 6.63.